The van der Waals surface area contributed by atoms with Crippen molar-refractivity contribution in [2.24, 2.45) is 17.6 Å². The lowest BCUT2D eigenvalue weighted by Crippen LogP contribution is -2.46. The SMILES string of the molecule is CCN1CCN(c2ccc(F)cc2C(C)NC(=O)[C@@H]2CCC[C@@H]2CN)CC1. The molecule has 0 aromatic heterocycles. The number of halogens is 1. The van der Waals surface area contributed by atoms with Gasteiger partial charge in [-0.05, 0) is 57.0 Å². The van der Waals surface area contributed by atoms with Gasteiger partial charge >= 0.3 is 0 Å². The van der Waals surface area contributed by atoms with Crippen LogP contribution >= 0.6 is 0 Å². The van der Waals surface area contributed by atoms with Crippen LogP contribution in [-0.2, 0) is 4.79 Å². The van der Waals surface area contributed by atoms with Gasteiger partial charge in [0.05, 0.1) is 6.04 Å². The van der Waals surface area contributed by atoms with E-state index < -0.39 is 0 Å². The van der Waals surface area contributed by atoms with E-state index in [0.29, 0.717) is 6.54 Å². The maximum absolute atomic E-state index is 14.0. The first-order valence-electron chi connectivity index (χ1n) is 10.3. The van der Waals surface area contributed by atoms with Gasteiger partial charge in [0.1, 0.15) is 5.82 Å². The minimum atomic E-state index is -0.261. The highest BCUT2D eigenvalue weighted by Crippen LogP contribution is 2.33. The normalized spacial score (nSPS) is 24.8. The third-order valence-electron chi connectivity index (χ3n) is 6.27. The third-order valence-corrected chi connectivity index (χ3v) is 6.27. The lowest BCUT2D eigenvalue weighted by molar-refractivity contribution is -0.126. The van der Waals surface area contributed by atoms with Crippen LogP contribution in [0.2, 0.25) is 0 Å². The summed E-state index contributed by atoms with van der Waals surface area (Å²) in [5, 5.41) is 3.13. The molecule has 1 heterocycles. The van der Waals surface area contributed by atoms with Crippen molar-refractivity contribution in [2.45, 2.75) is 39.2 Å². The van der Waals surface area contributed by atoms with Crippen LogP contribution in [0.4, 0.5) is 10.1 Å². The molecule has 3 rings (SSSR count). The Balaban J connectivity index is 1.73. The van der Waals surface area contributed by atoms with E-state index in [0.717, 1.165) is 63.2 Å². The van der Waals surface area contributed by atoms with E-state index in [1.165, 1.54) is 6.07 Å². The van der Waals surface area contributed by atoms with Gasteiger partial charge in [-0.2, -0.15) is 0 Å². The van der Waals surface area contributed by atoms with Crippen molar-refractivity contribution < 1.29 is 9.18 Å². The van der Waals surface area contributed by atoms with Gasteiger partial charge in [0.25, 0.3) is 0 Å². The van der Waals surface area contributed by atoms with Crippen molar-refractivity contribution in [3.05, 3.63) is 29.6 Å². The molecule has 150 valence electrons. The molecule has 27 heavy (non-hydrogen) atoms. The highest BCUT2D eigenvalue weighted by Gasteiger charge is 2.33. The van der Waals surface area contributed by atoms with Gasteiger partial charge in [-0.15, -0.1) is 0 Å². The first kappa shape index (κ1) is 20.1. The Bertz CT molecular complexity index is 645. The van der Waals surface area contributed by atoms with Gasteiger partial charge in [-0.3, -0.25) is 4.79 Å². The summed E-state index contributed by atoms with van der Waals surface area (Å²) in [5.74, 6) is 0.0538. The minimum absolute atomic E-state index is 0.0115. The number of carbonyl (C=O) groups excluding carboxylic acids is 1. The Labute approximate surface area is 162 Å². The second-order valence-corrected chi connectivity index (χ2v) is 7.89. The number of nitrogens with zero attached hydrogens (tertiary/aromatic N) is 2. The predicted octanol–water partition coefficient (Wildman–Crippen LogP) is 2.52. The Kier molecular flexibility index (Phi) is 6.71. The Morgan fingerprint density at radius 1 is 1.30 bits per heavy atom. The summed E-state index contributed by atoms with van der Waals surface area (Å²) in [4.78, 5) is 17.5. The molecule has 3 atom stereocenters. The first-order chi connectivity index (χ1) is 13.0. The lowest BCUT2D eigenvalue weighted by Gasteiger charge is -2.37. The quantitative estimate of drug-likeness (QED) is 0.801. The zero-order valence-corrected chi connectivity index (χ0v) is 16.6. The summed E-state index contributed by atoms with van der Waals surface area (Å²) in [5.41, 5.74) is 7.71. The van der Waals surface area contributed by atoms with Gasteiger partial charge in [-0.1, -0.05) is 13.3 Å². The zero-order valence-electron chi connectivity index (χ0n) is 16.6. The standard InChI is InChI=1S/C21H33FN4O/c1-3-25-9-11-26(12-10-25)20-8-7-17(22)13-19(20)15(2)24-21(27)18-6-4-5-16(18)14-23/h7-8,13,15-16,18H,3-6,9-12,14,23H2,1-2H3,(H,24,27)/t15?,16-,18-/m1/s1. The van der Waals surface area contributed by atoms with Crippen LogP contribution in [0.3, 0.4) is 0 Å². The molecular formula is C21H33FN4O. The highest BCUT2D eigenvalue weighted by atomic mass is 19.1. The molecular weight excluding hydrogens is 343 g/mol. The molecule has 1 aromatic rings. The van der Waals surface area contributed by atoms with Crippen LogP contribution < -0.4 is 16.0 Å². The summed E-state index contributed by atoms with van der Waals surface area (Å²) in [6.45, 7) is 9.59. The van der Waals surface area contributed by atoms with E-state index in [-0.39, 0.29) is 29.6 Å². The zero-order chi connectivity index (χ0) is 19.4. The number of carbonyl (C=O) groups is 1. The van der Waals surface area contributed by atoms with E-state index in [1.54, 1.807) is 6.07 Å². The molecule has 1 aliphatic heterocycles. The van der Waals surface area contributed by atoms with Crippen molar-refractivity contribution in [3.63, 3.8) is 0 Å². The molecule has 5 nitrogen and oxygen atoms in total. The molecule has 2 aliphatic rings. The summed E-state index contributed by atoms with van der Waals surface area (Å²) < 4.78 is 14.0. The largest absolute Gasteiger partial charge is 0.369 e. The smallest absolute Gasteiger partial charge is 0.223 e. The maximum Gasteiger partial charge on any atom is 0.223 e. The van der Waals surface area contributed by atoms with Crippen LogP contribution in [0.15, 0.2) is 18.2 Å². The van der Waals surface area contributed by atoms with Gasteiger partial charge in [0, 0.05) is 43.3 Å². The van der Waals surface area contributed by atoms with Crippen molar-refractivity contribution in [1.29, 1.82) is 0 Å². The van der Waals surface area contributed by atoms with Crippen molar-refractivity contribution in [1.82, 2.24) is 10.2 Å². The number of piperazine rings is 1. The summed E-state index contributed by atoms with van der Waals surface area (Å²) in [6, 6.07) is 4.71. The molecule has 3 N–H and O–H groups in total. The Morgan fingerprint density at radius 2 is 2.04 bits per heavy atom. The fourth-order valence-corrected chi connectivity index (χ4v) is 4.53. The van der Waals surface area contributed by atoms with Gasteiger partial charge in [0.15, 0.2) is 0 Å². The fraction of sp³-hybridized carbons (Fsp3) is 0.667. The number of hydrogen-bond acceptors (Lipinski definition) is 4. The molecule has 1 amide bonds. The highest BCUT2D eigenvalue weighted by molar-refractivity contribution is 5.80. The number of nitrogens with two attached hydrogens (primary N) is 1. The maximum atomic E-state index is 14.0. The number of anilines is 1. The topological polar surface area (TPSA) is 61.6 Å². The lowest BCUT2D eigenvalue weighted by atomic mass is 9.94. The number of nitrogens with one attached hydrogen (secondary N) is 1. The van der Waals surface area contributed by atoms with E-state index in [4.69, 9.17) is 5.73 Å². The molecule has 0 bridgehead atoms. The molecule has 1 saturated heterocycles. The third kappa shape index (κ3) is 4.61. The van der Waals surface area contributed by atoms with E-state index >= 15 is 0 Å². The molecule has 1 aliphatic carbocycles. The monoisotopic (exact) mass is 376 g/mol. The van der Waals surface area contributed by atoms with Crippen molar-refractivity contribution in [2.75, 3.05) is 44.2 Å². The number of benzene rings is 1. The molecule has 0 spiro atoms. The average molecular weight is 377 g/mol. The second kappa shape index (κ2) is 9.02. The van der Waals surface area contributed by atoms with Crippen LogP contribution in [0, 0.1) is 17.7 Å². The molecule has 1 unspecified atom stereocenters. The van der Waals surface area contributed by atoms with Gasteiger partial charge in [0.2, 0.25) is 5.91 Å². The molecule has 6 heteroatoms. The first-order valence-corrected chi connectivity index (χ1v) is 10.3. The van der Waals surface area contributed by atoms with Crippen LogP contribution in [0.5, 0.6) is 0 Å². The number of likely N-dealkylation sites (N-methyl/N-ethyl adjacent to an activating group) is 1. The Hall–Kier alpha value is -1.66. The number of rotatable bonds is 6. The van der Waals surface area contributed by atoms with Crippen molar-refractivity contribution >= 4 is 11.6 Å². The van der Waals surface area contributed by atoms with E-state index in [1.807, 2.05) is 13.0 Å². The summed E-state index contributed by atoms with van der Waals surface area (Å²) in [6.07, 6.45) is 2.98. The molecule has 2 fully saturated rings. The minimum Gasteiger partial charge on any atom is -0.369 e. The summed E-state index contributed by atoms with van der Waals surface area (Å²) >= 11 is 0. The van der Waals surface area contributed by atoms with E-state index in [9.17, 15) is 9.18 Å². The predicted molar refractivity (Wildman–Crippen MR) is 107 cm³/mol. The van der Waals surface area contributed by atoms with E-state index in [2.05, 4.69) is 22.0 Å². The van der Waals surface area contributed by atoms with Crippen LogP contribution in [0.1, 0.15) is 44.7 Å². The van der Waals surface area contributed by atoms with Gasteiger partial charge in [-0.25, -0.2) is 4.39 Å². The van der Waals surface area contributed by atoms with Gasteiger partial charge < -0.3 is 20.9 Å². The van der Waals surface area contributed by atoms with Crippen LogP contribution in [-0.4, -0.2) is 50.1 Å². The fourth-order valence-electron chi connectivity index (χ4n) is 4.53. The van der Waals surface area contributed by atoms with Crippen LogP contribution in [0.25, 0.3) is 0 Å². The molecule has 1 aromatic carbocycles. The second-order valence-electron chi connectivity index (χ2n) is 7.89. The number of amides is 1. The molecule has 1 saturated carbocycles. The average Bonchev–Trinajstić information content (AvgIpc) is 3.17. The van der Waals surface area contributed by atoms with Crippen molar-refractivity contribution in [3.8, 4) is 0 Å². The Morgan fingerprint density at radius 3 is 2.70 bits per heavy atom. The summed E-state index contributed by atoms with van der Waals surface area (Å²) in [7, 11) is 0. The number of hydrogen-bond donors (Lipinski definition) is 2. The molecule has 0 radical (unpaired) electrons.